The number of hydrogen-bond donors (Lipinski definition) is 6. The summed E-state index contributed by atoms with van der Waals surface area (Å²) < 4.78 is 11.2. The lowest BCUT2D eigenvalue weighted by Crippen LogP contribution is -2.60. The summed E-state index contributed by atoms with van der Waals surface area (Å²) in [5.74, 6) is -0.149. The number of aliphatic hydroxyl groups is 5. The highest BCUT2D eigenvalue weighted by atomic mass is 16.7. The van der Waals surface area contributed by atoms with Crippen molar-refractivity contribution >= 4 is 5.91 Å². The van der Waals surface area contributed by atoms with E-state index in [4.69, 9.17) is 9.47 Å². The minimum atomic E-state index is -1.55. The van der Waals surface area contributed by atoms with E-state index in [1.54, 1.807) is 0 Å². The van der Waals surface area contributed by atoms with E-state index in [0.29, 0.717) is 12.8 Å². The zero-order valence-corrected chi connectivity index (χ0v) is 42.9. The molecular weight excluding hydrogens is 839 g/mol. The predicted molar refractivity (Wildman–Crippen MR) is 281 cm³/mol. The number of ether oxygens (including phenoxy) is 2. The van der Waals surface area contributed by atoms with Crippen LogP contribution in [0.25, 0.3) is 0 Å². The summed E-state index contributed by atoms with van der Waals surface area (Å²) in [6.45, 7) is 3.67. The van der Waals surface area contributed by atoms with Gasteiger partial charge in [0.05, 0.1) is 25.4 Å². The molecule has 7 unspecified atom stereocenters. The molecule has 1 fully saturated rings. The van der Waals surface area contributed by atoms with E-state index in [1.807, 2.05) is 0 Å². The Balaban J connectivity index is 2.02. The van der Waals surface area contributed by atoms with E-state index in [0.717, 1.165) is 77.0 Å². The van der Waals surface area contributed by atoms with Crippen LogP contribution in [-0.2, 0) is 14.3 Å². The van der Waals surface area contributed by atoms with E-state index in [-0.39, 0.29) is 12.5 Å². The van der Waals surface area contributed by atoms with Gasteiger partial charge in [-0.1, -0.05) is 234 Å². The molecule has 67 heavy (non-hydrogen) atoms. The molecule has 0 saturated carbocycles. The lowest BCUT2D eigenvalue weighted by Gasteiger charge is -2.40. The molecule has 0 spiro atoms. The smallest absolute Gasteiger partial charge is 0.220 e. The third-order valence-electron chi connectivity index (χ3n) is 12.8. The zero-order chi connectivity index (χ0) is 48.7. The molecule has 0 bridgehead atoms. The van der Waals surface area contributed by atoms with Crippen LogP contribution < -0.4 is 5.32 Å². The van der Waals surface area contributed by atoms with E-state index in [1.165, 1.54) is 128 Å². The highest BCUT2D eigenvalue weighted by Crippen LogP contribution is 2.23. The zero-order valence-electron chi connectivity index (χ0n) is 42.9. The third-order valence-corrected chi connectivity index (χ3v) is 12.8. The van der Waals surface area contributed by atoms with Crippen LogP contribution in [0, 0.1) is 0 Å². The Morgan fingerprint density at radius 2 is 0.925 bits per heavy atom. The van der Waals surface area contributed by atoms with Crippen LogP contribution >= 0.6 is 0 Å². The first-order valence-electron chi connectivity index (χ1n) is 27.6. The van der Waals surface area contributed by atoms with Crippen molar-refractivity contribution in [3.63, 3.8) is 0 Å². The van der Waals surface area contributed by atoms with Gasteiger partial charge in [-0.3, -0.25) is 4.79 Å². The van der Waals surface area contributed by atoms with Crippen molar-refractivity contribution in [2.24, 2.45) is 0 Å². The minimum Gasteiger partial charge on any atom is -0.394 e. The van der Waals surface area contributed by atoms with Gasteiger partial charge in [0.2, 0.25) is 5.91 Å². The number of unbranched alkanes of at least 4 members (excludes halogenated alkanes) is 24. The lowest BCUT2D eigenvalue weighted by atomic mass is 9.99. The van der Waals surface area contributed by atoms with Gasteiger partial charge in [0, 0.05) is 6.42 Å². The minimum absolute atomic E-state index is 0.139. The van der Waals surface area contributed by atoms with Crippen molar-refractivity contribution in [3.05, 3.63) is 72.9 Å². The second-order valence-corrected chi connectivity index (χ2v) is 19.0. The van der Waals surface area contributed by atoms with Crippen LogP contribution in [-0.4, -0.2) is 87.5 Å². The molecule has 388 valence electrons. The molecule has 0 radical (unpaired) electrons. The monoisotopic (exact) mass is 942 g/mol. The van der Waals surface area contributed by atoms with Gasteiger partial charge in [0.25, 0.3) is 0 Å². The Bertz CT molecular complexity index is 1280. The van der Waals surface area contributed by atoms with Crippen LogP contribution in [0.15, 0.2) is 72.9 Å². The number of amides is 1. The molecule has 9 heteroatoms. The van der Waals surface area contributed by atoms with Crippen molar-refractivity contribution < 1.29 is 39.8 Å². The molecule has 0 aliphatic carbocycles. The number of carbonyl (C=O) groups is 1. The van der Waals surface area contributed by atoms with E-state index in [9.17, 15) is 30.3 Å². The Hall–Kier alpha value is -2.37. The van der Waals surface area contributed by atoms with Crippen molar-refractivity contribution in [3.8, 4) is 0 Å². The molecule has 0 aromatic rings. The third kappa shape index (κ3) is 37.2. The van der Waals surface area contributed by atoms with Gasteiger partial charge < -0.3 is 40.3 Å². The molecule has 9 nitrogen and oxygen atoms in total. The highest BCUT2D eigenvalue weighted by Gasteiger charge is 2.44. The lowest BCUT2D eigenvalue weighted by molar-refractivity contribution is -0.302. The molecule has 1 rings (SSSR count). The molecule has 1 aliphatic heterocycles. The molecule has 1 heterocycles. The predicted octanol–water partition coefficient (Wildman–Crippen LogP) is 13.3. The van der Waals surface area contributed by atoms with Crippen LogP contribution in [0.1, 0.15) is 232 Å². The second kappa shape index (κ2) is 47.3. The number of aliphatic hydroxyl groups excluding tert-OH is 5. The summed E-state index contributed by atoms with van der Waals surface area (Å²) in [6.07, 6.45) is 58.3. The average molecular weight is 942 g/mol. The fourth-order valence-electron chi connectivity index (χ4n) is 8.46. The summed E-state index contributed by atoms with van der Waals surface area (Å²) in [6, 6.07) is -0.717. The molecule has 1 amide bonds. The first kappa shape index (κ1) is 62.6. The van der Waals surface area contributed by atoms with Crippen molar-refractivity contribution in [1.82, 2.24) is 5.32 Å². The summed E-state index contributed by atoms with van der Waals surface area (Å²) in [5.41, 5.74) is 0. The van der Waals surface area contributed by atoms with Gasteiger partial charge in [0.15, 0.2) is 6.29 Å². The van der Waals surface area contributed by atoms with E-state index >= 15 is 0 Å². The van der Waals surface area contributed by atoms with Gasteiger partial charge in [-0.25, -0.2) is 0 Å². The first-order chi connectivity index (χ1) is 32.8. The standard InChI is InChI=1S/C58H103NO8/c1-3-5-7-9-11-12-13-14-15-16-17-18-19-20-21-22-23-24-25-26-27-28-29-30-31-32-33-34-35-36-37-38-39-40-42-44-46-48-54(62)59-51(52(61)47-45-43-41-10-8-6-4-2)50-66-58-57(65)56(64)55(63)53(49-60)67-58/h5,7,11-12,14-15,17-18,20-21,23-24,51-53,55-58,60-61,63-65H,3-4,6,8-10,13,16,19,22,25-50H2,1-2H3,(H,59,62)/b7-5-,12-11-,15-14-,18-17-,21-20-,24-23-. The maximum absolute atomic E-state index is 13.0. The van der Waals surface area contributed by atoms with Gasteiger partial charge in [-0.05, 0) is 64.2 Å². The fraction of sp³-hybridized carbons (Fsp3) is 0.776. The van der Waals surface area contributed by atoms with Crippen molar-refractivity contribution in [1.29, 1.82) is 0 Å². The second-order valence-electron chi connectivity index (χ2n) is 19.0. The Morgan fingerprint density at radius 3 is 1.37 bits per heavy atom. The van der Waals surface area contributed by atoms with Gasteiger partial charge in [-0.15, -0.1) is 0 Å². The number of rotatable bonds is 46. The largest absolute Gasteiger partial charge is 0.394 e. The van der Waals surface area contributed by atoms with Crippen LogP contribution in [0.4, 0.5) is 0 Å². The topological polar surface area (TPSA) is 149 Å². The molecule has 0 aromatic heterocycles. The van der Waals surface area contributed by atoms with Crippen molar-refractivity contribution in [2.75, 3.05) is 13.2 Å². The van der Waals surface area contributed by atoms with Gasteiger partial charge in [0.1, 0.15) is 24.4 Å². The number of carbonyl (C=O) groups excluding carboxylic acids is 1. The van der Waals surface area contributed by atoms with Crippen molar-refractivity contribution in [2.45, 2.75) is 275 Å². The van der Waals surface area contributed by atoms with E-state index < -0.39 is 49.5 Å². The normalized spacial score (nSPS) is 20.3. The summed E-state index contributed by atoms with van der Waals surface area (Å²) in [4.78, 5) is 13.0. The van der Waals surface area contributed by atoms with Gasteiger partial charge in [-0.2, -0.15) is 0 Å². The molecule has 0 aromatic carbocycles. The molecule has 1 aliphatic rings. The molecule has 6 N–H and O–H groups in total. The van der Waals surface area contributed by atoms with Crippen LogP contribution in [0.2, 0.25) is 0 Å². The maximum Gasteiger partial charge on any atom is 0.220 e. The average Bonchev–Trinajstić information content (AvgIpc) is 3.33. The molecular formula is C58H103NO8. The Morgan fingerprint density at radius 1 is 0.522 bits per heavy atom. The molecule has 7 atom stereocenters. The summed E-state index contributed by atoms with van der Waals surface area (Å²) in [5, 5.41) is 54.2. The number of allylic oxidation sites excluding steroid dienone is 12. The first-order valence-corrected chi connectivity index (χ1v) is 27.6. The quantitative estimate of drug-likeness (QED) is 0.0261. The number of nitrogens with one attached hydrogen (secondary N) is 1. The fourth-order valence-corrected chi connectivity index (χ4v) is 8.46. The molecule has 1 saturated heterocycles. The Labute approximate surface area is 410 Å². The van der Waals surface area contributed by atoms with Crippen LogP contribution in [0.5, 0.6) is 0 Å². The Kier molecular flexibility index (Phi) is 44.2. The van der Waals surface area contributed by atoms with Gasteiger partial charge >= 0.3 is 0 Å². The maximum atomic E-state index is 13.0. The van der Waals surface area contributed by atoms with E-state index in [2.05, 4.69) is 92.1 Å². The van der Waals surface area contributed by atoms with Crippen LogP contribution in [0.3, 0.4) is 0 Å². The SMILES string of the molecule is CC/C=C\C/C=C\C/C=C\C/C=C\C/C=C\C/C=C\CCCCCCCCCCCCCCCCCCCCC(=O)NC(COC1OC(CO)C(O)C(O)C1O)C(O)CCCCCCCCC. The highest BCUT2D eigenvalue weighted by molar-refractivity contribution is 5.76. The summed E-state index contributed by atoms with van der Waals surface area (Å²) in [7, 11) is 0. The number of hydrogen-bond acceptors (Lipinski definition) is 8. The summed E-state index contributed by atoms with van der Waals surface area (Å²) >= 11 is 0.